The summed E-state index contributed by atoms with van der Waals surface area (Å²) >= 11 is 1.73. The maximum absolute atomic E-state index is 4.59. The van der Waals surface area contributed by atoms with Crippen LogP contribution >= 0.6 is 11.3 Å². The van der Waals surface area contributed by atoms with Crippen LogP contribution in [-0.2, 0) is 6.54 Å². The van der Waals surface area contributed by atoms with Gasteiger partial charge in [-0.1, -0.05) is 19.9 Å². The van der Waals surface area contributed by atoms with E-state index in [1.807, 2.05) is 10.7 Å². The molecule has 4 heteroatoms. The Morgan fingerprint density at radius 1 is 1.35 bits per heavy atom. The molecule has 3 rings (SSSR count). The van der Waals surface area contributed by atoms with Gasteiger partial charge in [-0.2, -0.15) is 5.10 Å². The molecule has 0 unspecified atom stereocenters. The first kappa shape index (κ1) is 10.6. The lowest BCUT2D eigenvalue weighted by molar-refractivity contribution is 0.533. The normalized spacial score (nSPS) is 11.7. The molecule has 3 aromatic heterocycles. The zero-order valence-corrected chi connectivity index (χ0v) is 10.8. The molecule has 0 amide bonds. The van der Waals surface area contributed by atoms with E-state index in [4.69, 9.17) is 0 Å². The number of hydrogen-bond acceptors (Lipinski definition) is 2. The fourth-order valence-electron chi connectivity index (χ4n) is 2.02. The molecular formula is C13H15N3S. The number of imidazole rings is 1. The van der Waals surface area contributed by atoms with Gasteiger partial charge >= 0.3 is 0 Å². The van der Waals surface area contributed by atoms with Crippen molar-refractivity contribution in [3.63, 3.8) is 0 Å². The number of thiophene rings is 1. The van der Waals surface area contributed by atoms with Crippen molar-refractivity contribution in [2.45, 2.75) is 20.4 Å². The molecule has 0 bridgehead atoms. The molecule has 0 saturated heterocycles. The summed E-state index contributed by atoms with van der Waals surface area (Å²) in [4.78, 5) is 1.23. The highest BCUT2D eigenvalue weighted by Gasteiger charge is 2.09. The van der Waals surface area contributed by atoms with Crippen molar-refractivity contribution in [2.24, 2.45) is 5.92 Å². The SMILES string of the molecule is CC(C)Cn1ccn2nc(-c3cccs3)cc12. The summed E-state index contributed by atoms with van der Waals surface area (Å²) in [6, 6.07) is 6.33. The van der Waals surface area contributed by atoms with Gasteiger partial charge in [-0.3, -0.25) is 0 Å². The molecule has 0 atom stereocenters. The average Bonchev–Trinajstić information content (AvgIpc) is 2.93. The van der Waals surface area contributed by atoms with Crippen LogP contribution in [0.5, 0.6) is 0 Å². The van der Waals surface area contributed by atoms with Crippen LogP contribution in [0, 0.1) is 5.92 Å². The molecule has 0 spiro atoms. The number of fused-ring (bicyclic) bond motifs is 1. The highest BCUT2D eigenvalue weighted by molar-refractivity contribution is 7.13. The predicted molar refractivity (Wildman–Crippen MR) is 71.3 cm³/mol. The second-order valence-corrected chi connectivity index (χ2v) is 5.60. The molecule has 0 fully saturated rings. The van der Waals surface area contributed by atoms with Crippen molar-refractivity contribution < 1.29 is 0 Å². The van der Waals surface area contributed by atoms with E-state index in [-0.39, 0.29) is 0 Å². The third-order valence-corrected chi connectivity index (χ3v) is 3.63. The maximum atomic E-state index is 4.59. The molecular weight excluding hydrogens is 230 g/mol. The van der Waals surface area contributed by atoms with Crippen LogP contribution in [0.2, 0.25) is 0 Å². The van der Waals surface area contributed by atoms with Crippen LogP contribution in [0.3, 0.4) is 0 Å². The van der Waals surface area contributed by atoms with Crippen molar-refractivity contribution in [1.82, 2.24) is 14.2 Å². The van der Waals surface area contributed by atoms with E-state index in [2.05, 4.69) is 53.3 Å². The molecule has 3 nitrogen and oxygen atoms in total. The van der Waals surface area contributed by atoms with Crippen LogP contribution < -0.4 is 0 Å². The van der Waals surface area contributed by atoms with E-state index in [0.717, 1.165) is 12.2 Å². The highest BCUT2D eigenvalue weighted by atomic mass is 32.1. The minimum Gasteiger partial charge on any atom is -0.331 e. The van der Waals surface area contributed by atoms with Gasteiger partial charge < -0.3 is 4.57 Å². The zero-order valence-electron chi connectivity index (χ0n) is 10.00. The molecule has 0 aromatic carbocycles. The van der Waals surface area contributed by atoms with Gasteiger partial charge in [0.15, 0.2) is 0 Å². The fourth-order valence-corrected chi connectivity index (χ4v) is 2.70. The molecule has 0 aliphatic carbocycles. The third kappa shape index (κ3) is 1.89. The smallest absolute Gasteiger partial charge is 0.136 e. The summed E-state index contributed by atoms with van der Waals surface area (Å²) < 4.78 is 4.21. The van der Waals surface area contributed by atoms with E-state index in [9.17, 15) is 0 Å². The van der Waals surface area contributed by atoms with Gasteiger partial charge in [-0.25, -0.2) is 4.52 Å². The van der Waals surface area contributed by atoms with E-state index < -0.39 is 0 Å². The second-order valence-electron chi connectivity index (χ2n) is 4.65. The number of rotatable bonds is 3. The van der Waals surface area contributed by atoms with Gasteiger partial charge in [0.05, 0.1) is 4.88 Å². The van der Waals surface area contributed by atoms with Gasteiger partial charge in [0, 0.05) is 25.0 Å². The lowest BCUT2D eigenvalue weighted by Gasteiger charge is -2.05. The third-order valence-electron chi connectivity index (χ3n) is 2.73. The Labute approximate surface area is 104 Å². The molecule has 0 N–H and O–H groups in total. The molecule has 0 aliphatic heterocycles. The molecule has 0 saturated carbocycles. The van der Waals surface area contributed by atoms with Gasteiger partial charge in [-0.15, -0.1) is 11.3 Å². The van der Waals surface area contributed by atoms with Crippen molar-refractivity contribution >= 4 is 17.0 Å². The number of aromatic nitrogens is 3. The van der Waals surface area contributed by atoms with Gasteiger partial charge in [0.1, 0.15) is 11.3 Å². The molecule has 0 radical (unpaired) electrons. The van der Waals surface area contributed by atoms with E-state index in [0.29, 0.717) is 5.92 Å². The van der Waals surface area contributed by atoms with Crippen molar-refractivity contribution in [3.8, 4) is 10.6 Å². The van der Waals surface area contributed by atoms with Crippen molar-refractivity contribution in [3.05, 3.63) is 36.0 Å². The van der Waals surface area contributed by atoms with Crippen LogP contribution in [0.4, 0.5) is 0 Å². The average molecular weight is 245 g/mol. The first-order valence-electron chi connectivity index (χ1n) is 5.82. The molecule has 3 heterocycles. The highest BCUT2D eigenvalue weighted by Crippen LogP contribution is 2.24. The van der Waals surface area contributed by atoms with Crippen LogP contribution in [0.25, 0.3) is 16.2 Å². The molecule has 88 valence electrons. The minimum absolute atomic E-state index is 0.645. The summed E-state index contributed by atoms with van der Waals surface area (Å²) in [5.74, 6) is 0.645. The molecule has 17 heavy (non-hydrogen) atoms. The summed E-state index contributed by atoms with van der Waals surface area (Å²) in [5, 5.41) is 6.67. The summed E-state index contributed by atoms with van der Waals surface area (Å²) in [6.45, 7) is 5.49. The van der Waals surface area contributed by atoms with Gasteiger partial charge in [0.25, 0.3) is 0 Å². The largest absolute Gasteiger partial charge is 0.331 e. The van der Waals surface area contributed by atoms with Crippen LogP contribution in [0.15, 0.2) is 36.0 Å². The topological polar surface area (TPSA) is 22.2 Å². The number of nitrogens with zero attached hydrogens (tertiary/aromatic N) is 3. The first-order valence-corrected chi connectivity index (χ1v) is 6.70. The summed E-state index contributed by atoms with van der Waals surface area (Å²) in [6.07, 6.45) is 4.12. The van der Waals surface area contributed by atoms with Crippen LogP contribution in [-0.4, -0.2) is 14.2 Å². The van der Waals surface area contributed by atoms with Gasteiger partial charge in [0.2, 0.25) is 0 Å². The Hall–Kier alpha value is -1.55. The Balaban J connectivity index is 2.05. The van der Waals surface area contributed by atoms with Crippen molar-refractivity contribution in [1.29, 1.82) is 0 Å². The lowest BCUT2D eigenvalue weighted by atomic mass is 10.2. The Bertz CT molecular complexity index is 616. The Morgan fingerprint density at radius 3 is 2.94 bits per heavy atom. The van der Waals surface area contributed by atoms with E-state index in [1.165, 1.54) is 10.5 Å². The summed E-state index contributed by atoms with van der Waals surface area (Å²) in [5.41, 5.74) is 2.23. The monoisotopic (exact) mass is 245 g/mol. The Kier molecular flexibility index (Phi) is 2.52. The second kappa shape index (κ2) is 4.04. The zero-order chi connectivity index (χ0) is 11.8. The van der Waals surface area contributed by atoms with Crippen molar-refractivity contribution in [2.75, 3.05) is 0 Å². The quantitative estimate of drug-likeness (QED) is 0.692. The van der Waals surface area contributed by atoms with E-state index >= 15 is 0 Å². The lowest BCUT2D eigenvalue weighted by Crippen LogP contribution is -2.02. The standard InChI is InChI=1S/C13H15N3S/c1-10(2)9-15-5-6-16-13(15)8-11(14-16)12-4-3-7-17-12/h3-8,10H,9H2,1-2H3. The maximum Gasteiger partial charge on any atom is 0.136 e. The Morgan fingerprint density at radius 2 is 2.24 bits per heavy atom. The van der Waals surface area contributed by atoms with Gasteiger partial charge in [-0.05, 0) is 17.4 Å². The minimum atomic E-state index is 0.645. The molecule has 0 aliphatic rings. The van der Waals surface area contributed by atoms with Crippen LogP contribution in [0.1, 0.15) is 13.8 Å². The summed E-state index contributed by atoms with van der Waals surface area (Å²) in [7, 11) is 0. The number of hydrogen-bond donors (Lipinski definition) is 0. The first-order chi connectivity index (χ1) is 8.24. The van der Waals surface area contributed by atoms with E-state index in [1.54, 1.807) is 11.3 Å². The molecule has 3 aromatic rings. The fraction of sp³-hybridized carbons (Fsp3) is 0.308. The predicted octanol–water partition coefficient (Wildman–Crippen LogP) is 3.52.